The van der Waals surface area contributed by atoms with Gasteiger partial charge in [-0.3, -0.25) is 9.59 Å². The Labute approximate surface area is 237 Å². The van der Waals surface area contributed by atoms with Crippen LogP contribution in [0.2, 0.25) is 0 Å². The number of nitrogens with one attached hydrogen (secondary N) is 3. The maximum Gasteiger partial charge on any atom is 0.267 e. The standard InChI is InChI=1S/C32H32N4O5/c1-36-19-22(24-7-5-6-8-28(24)36)15-27(35-31(37)20-9-12-29(40-3)30(16-20)41-4)32(38)33-14-13-21-18-34-26-11-10-23(39-2)17-25(21)26/h5-12,15-19,34H,13-14H2,1-4H3,(H,33,38)(H,35,37). The Balaban J connectivity index is 1.40. The Hall–Kier alpha value is -5.18. The molecule has 0 spiro atoms. The summed E-state index contributed by atoms with van der Waals surface area (Å²) in [6.07, 6.45) is 6.15. The minimum absolute atomic E-state index is 0.127. The zero-order valence-corrected chi connectivity index (χ0v) is 23.4. The summed E-state index contributed by atoms with van der Waals surface area (Å²) in [5.74, 6) is 0.837. The van der Waals surface area contributed by atoms with Gasteiger partial charge in [-0.1, -0.05) is 18.2 Å². The van der Waals surface area contributed by atoms with Gasteiger partial charge >= 0.3 is 0 Å². The molecule has 0 bridgehead atoms. The van der Waals surface area contributed by atoms with Gasteiger partial charge in [-0.25, -0.2) is 0 Å². The van der Waals surface area contributed by atoms with Crippen LogP contribution in [0.4, 0.5) is 0 Å². The summed E-state index contributed by atoms with van der Waals surface area (Å²) in [5.41, 5.74) is 4.32. The minimum atomic E-state index is -0.448. The van der Waals surface area contributed by atoms with Crippen LogP contribution in [0.15, 0.2) is 78.8 Å². The SMILES string of the molecule is COc1ccc2[nH]cc(CCNC(=O)C(=Cc3cn(C)c4ccccc34)NC(=O)c3ccc(OC)c(OC)c3)c2c1. The molecule has 0 aliphatic heterocycles. The Morgan fingerprint density at radius 1 is 0.927 bits per heavy atom. The fraction of sp³-hybridized carbons (Fsp3) is 0.188. The molecule has 2 aromatic heterocycles. The molecule has 0 aliphatic rings. The molecule has 41 heavy (non-hydrogen) atoms. The van der Waals surface area contributed by atoms with Crippen molar-refractivity contribution in [2.45, 2.75) is 6.42 Å². The van der Waals surface area contributed by atoms with Crippen molar-refractivity contribution in [3.8, 4) is 17.2 Å². The molecule has 0 radical (unpaired) electrons. The molecule has 5 aromatic rings. The molecule has 0 unspecified atom stereocenters. The molecular weight excluding hydrogens is 520 g/mol. The number of H-pyrrole nitrogens is 1. The number of ether oxygens (including phenoxy) is 3. The highest BCUT2D eigenvalue weighted by atomic mass is 16.5. The Bertz CT molecular complexity index is 1760. The number of nitrogens with zero attached hydrogens (tertiary/aromatic N) is 1. The molecule has 210 valence electrons. The van der Waals surface area contributed by atoms with E-state index in [1.807, 2.05) is 66.5 Å². The van der Waals surface area contributed by atoms with E-state index in [0.29, 0.717) is 30.0 Å². The molecule has 5 rings (SSSR count). The Morgan fingerprint density at radius 3 is 2.51 bits per heavy atom. The molecule has 0 aliphatic carbocycles. The van der Waals surface area contributed by atoms with Crippen molar-refractivity contribution in [2.24, 2.45) is 7.05 Å². The number of hydrogen-bond acceptors (Lipinski definition) is 5. The molecule has 9 nitrogen and oxygen atoms in total. The summed E-state index contributed by atoms with van der Waals surface area (Å²) in [5, 5.41) is 7.78. The van der Waals surface area contributed by atoms with E-state index in [0.717, 1.165) is 38.7 Å². The van der Waals surface area contributed by atoms with Gasteiger partial charge in [-0.05, 0) is 60.5 Å². The summed E-state index contributed by atoms with van der Waals surface area (Å²) >= 11 is 0. The molecular formula is C32H32N4O5. The summed E-state index contributed by atoms with van der Waals surface area (Å²) in [7, 11) is 6.61. The van der Waals surface area contributed by atoms with Crippen LogP contribution in [0.3, 0.4) is 0 Å². The average molecular weight is 553 g/mol. The fourth-order valence-corrected chi connectivity index (χ4v) is 4.87. The number of rotatable bonds is 10. The van der Waals surface area contributed by atoms with Crippen molar-refractivity contribution in [2.75, 3.05) is 27.9 Å². The van der Waals surface area contributed by atoms with Crippen molar-refractivity contribution in [1.29, 1.82) is 0 Å². The summed E-state index contributed by atoms with van der Waals surface area (Å²) in [4.78, 5) is 30.1. The topological polar surface area (TPSA) is 107 Å². The van der Waals surface area contributed by atoms with Gasteiger partial charge < -0.3 is 34.4 Å². The third kappa shape index (κ3) is 5.74. The van der Waals surface area contributed by atoms with Crippen LogP contribution in [0.1, 0.15) is 21.5 Å². The Morgan fingerprint density at radius 2 is 1.73 bits per heavy atom. The minimum Gasteiger partial charge on any atom is -0.497 e. The number of benzene rings is 3. The van der Waals surface area contributed by atoms with E-state index in [2.05, 4.69) is 15.6 Å². The highest BCUT2D eigenvalue weighted by Gasteiger charge is 2.18. The number of carbonyl (C=O) groups excluding carboxylic acids is 2. The summed E-state index contributed by atoms with van der Waals surface area (Å²) < 4.78 is 18.0. The van der Waals surface area contributed by atoms with Gasteiger partial charge in [-0.2, -0.15) is 0 Å². The second-order valence-corrected chi connectivity index (χ2v) is 9.53. The van der Waals surface area contributed by atoms with Crippen LogP contribution >= 0.6 is 0 Å². The largest absolute Gasteiger partial charge is 0.497 e. The van der Waals surface area contributed by atoms with Crippen molar-refractivity contribution >= 4 is 39.7 Å². The van der Waals surface area contributed by atoms with Crippen molar-refractivity contribution in [3.63, 3.8) is 0 Å². The number of fused-ring (bicyclic) bond motifs is 2. The van der Waals surface area contributed by atoms with E-state index in [4.69, 9.17) is 14.2 Å². The monoisotopic (exact) mass is 552 g/mol. The smallest absolute Gasteiger partial charge is 0.267 e. The van der Waals surface area contributed by atoms with Crippen molar-refractivity contribution in [3.05, 3.63) is 95.4 Å². The summed E-state index contributed by atoms with van der Waals surface area (Å²) in [6, 6.07) is 18.6. The highest BCUT2D eigenvalue weighted by Crippen LogP contribution is 2.28. The van der Waals surface area contributed by atoms with Gasteiger partial charge in [0.25, 0.3) is 11.8 Å². The zero-order valence-electron chi connectivity index (χ0n) is 23.4. The maximum absolute atomic E-state index is 13.5. The van der Waals surface area contributed by atoms with E-state index >= 15 is 0 Å². The lowest BCUT2D eigenvalue weighted by atomic mass is 10.1. The molecule has 9 heteroatoms. The molecule has 2 heterocycles. The first-order chi connectivity index (χ1) is 19.9. The quantitative estimate of drug-likeness (QED) is 0.216. The van der Waals surface area contributed by atoms with Crippen LogP contribution in [-0.4, -0.2) is 49.2 Å². The van der Waals surface area contributed by atoms with Crippen molar-refractivity contribution in [1.82, 2.24) is 20.2 Å². The zero-order chi connectivity index (χ0) is 28.9. The van der Waals surface area contributed by atoms with E-state index in [9.17, 15) is 9.59 Å². The van der Waals surface area contributed by atoms with E-state index < -0.39 is 11.8 Å². The van der Waals surface area contributed by atoms with Gasteiger partial charge in [0.05, 0.1) is 21.3 Å². The number of aromatic nitrogens is 2. The van der Waals surface area contributed by atoms with E-state index in [1.165, 1.54) is 14.2 Å². The number of hydrogen-bond donors (Lipinski definition) is 3. The lowest BCUT2D eigenvalue weighted by Crippen LogP contribution is -2.35. The number of para-hydroxylation sites is 1. The predicted molar refractivity (Wildman–Crippen MR) is 159 cm³/mol. The van der Waals surface area contributed by atoms with Gasteiger partial charge in [0.1, 0.15) is 11.4 Å². The molecule has 3 aromatic carbocycles. The molecule has 0 saturated carbocycles. The number of amides is 2. The maximum atomic E-state index is 13.5. The first kappa shape index (κ1) is 27.4. The van der Waals surface area contributed by atoms with Crippen molar-refractivity contribution < 1.29 is 23.8 Å². The third-order valence-corrected chi connectivity index (χ3v) is 7.02. The number of methoxy groups -OCH3 is 3. The van der Waals surface area contributed by atoms with E-state index in [-0.39, 0.29) is 5.70 Å². The Kier molecular flexibility index (Phi) is 7.96. The lowest BCUT2D eigenvalue weighted by Gasteiger charge is -2.13. The summed E-state index contributed by atoms with van der Waals surface area (Å²) in [6.45, 7) is 0.363. The van der Waals surface area contributed by atoms with Crippen LogP contribution < -0.4 is 24.8 Å². The van der Waals surface area contributed by atoms with Crippen LogP contribution in [0.5, 0.6) is 17.2 Å². The fourth-order valence-electron chi connectivity index (χ4n) is 4.87. The first-order valence-corrected chi connectivity index (χ1v) is 13.1. The van der Waals surface area contributed by atoms with Crippen LogP contribution in [-0.2, 0) is 18.3 Å². The normalized spacial score (nSPS) is 11.5. The van der Waals surface area contributed by atoms with Gasteiger partial charge in [-0.15, -0.1) is 0 Å². The van der Waals surface area contributed by atoms with Crippen LogP contribution in [0, 0.1) is 0 Å². The molecule has 0 saturated heterocycles. The first-order valence-electron chi connectivity index (χ1n) is 13.1. The number of carbonyl (C=O) groups is 2. The van der Waals surface area contributed by atoms with Gasteiger partial charge in [0.15, 0.2) is 11.5 Å². The average Bonchev–Trinajstić information content (AvgIpc) is 3.55. The number of aryl methyl sites for hydroxylation is 1. The second-order valence-electron chi connectivity index (χ2n) is 9.53. The molecule has 3 N–H and O–H groups in total. The predicted octanol–water partition coefficient (Wildman–Crippen LogP) is 4.82. The molecule has 0 atom stereocenters. The molecule has 2 amide bonds. The van der Waals surface area contributed by atoms with E-state index in [1.54, 1.807) is 31.4 Å². The lowest BCUT2D eigenvalue weighted by molar-refractivity contribution is -0.117. The van der Waals surface area contributed by atoms with Gasteiger partial charge in [0, 0.05) is 58.9 Å². The number of aromatic amines is 1. The molecule has 0 fully saturated rings. The second kappa shape index (κ2) is 11.9. The van der Waals surface area contributed by atoms with Crippen LogP contribution in [0.25, 0.3) is 27.9 Å². The third-order valence-electron chi connectivity index (χ3n) is 7.02. The van der Waals surface area contributed by atoms with Gasteiger partial charge in [0.2, 0.25) is 0 Å². The highest BCUT2D eigenvalue weighted by molar-refractivity contribution is 6.06.